The molecule has 0 aliphatic rings. The molecule has 1 amide bonds. The number of rotatable bonds is 4. The lowest BCUT2D eigenvalue weighted by Gasteiger charge is -2.19. The molecule has 23 heavy (non-hydrogen) atoms. The molecule has 0 fully saturated rings. The summed E-state index contributed by atoms with van der Waals surface area (Å²) in [7, 11) is 1.17. The van der Waals surface area contributed by atoms with Crippen LogP contribution in [0.2, 0.25) is 0 Å². The second-order valence-electron chi connectivity index (χ2n) is 5.08. The Bertz CT molecular complexity index is 718. The number of benzene rings is 2. The summed E-state index contributed by atoms with van der Waals surface area (Å²) in [5.41, 5.74) is 2.36. The topological polar surface area (TPSA) is 59.0 Å². The molecule has 0 radical (unpaired) electrons. The third-order valence-corrected chi connectivity index (χ3v) is 3.42. The minimum absolute atomic E-state index is 0.00393. The first-order chi connectivity index (χ1) is 10.9. The molecule has 2 aromatic rings. The average molecular weight is 319 g/mol. The number of hydrogen-bond acceptors (Lipinski definition) is 4. The predicted octanol–water partition coefficient (Wildman–Crippen LogP) is 3.98. The molecule has 2 aromatic carbocycles. The van der Waals surface area contributed by atoms with E-state index in [-0.39, 0.29) is 18.0 Å². The van der Waals surface area contributed by atoms with Crippen molar-refractivity contribution < 1.29 is 23.9 Å². The summed E-state index contributed by atoms with van der Waals surface area (Å²) in [4.78, 5) is 11.5. The van der Waals surface area contributed by atoms with E-state index in [9.17, 15) is 14.4 Å². The van der Waals surface area contributed by atoms with Gasteiger partial charge in [0.05, 0.1) is 12.8 Å². The van der Waals surface area contributed by atoms with Crippen LogP contribution >= 0.6 is 0 Å². The highest BCUT2D eigenvalue weighted by atomic mass is 19.1. The number of methoxy groups -OCH3 is 1. The number of amides is 1. The van der Waals surface area contributed by atoms with E-state index in [1.807, 2.05) is 0 Å². The van der Waals surface area contributed by atoms with E-state index in [0.717, 1.165) is 11.1 Å². The molecule has 0 aromatic heterocycles. The zero-order valence-corrected chi connectivity index (χ0v) is 13.2. The Balaban J connectivity index is 2.27. The second-order valence-corrected chi connectivity index (χ2v) is 5.08. The Labute approximate surface area is 133 Å². The van der Waals surface area contributed by atoms with Gasteiger partial charge in [-0.2, -0.15) is 5.06 Å². The largest absolute Gasteiger partial charge is 0.486 e. The standard InChI is InChI=1S/C17H18FNO4/c1-11-7-8-16(14(18)9-11)23-10-13-12(2)5-4-6-15(13)19(21)17(20)22-3/h4-9,21H,10H2,1-3H3. The van der Waals surface area contributed by atoms with Gasteiger partial charge in [0.25, 0.3) is 0 Å². The minimum atomic E-state index is -0.918. The first kappa shape index (κ1) is 16.8. The van der Waals surface area contributed by atoms with Crippen molar-refractivity contribution in [1.82, 2.24) is 0 Å². The number of carbonyl (C=O) groups excluding carboxylic acids is 1. The molecule has 0 unspecified atom stereocenters. The van der Waals surface area contributed by atoms with Crippen molar-refractivity contribution in [1.29, 1.82) is 0 Å². The third kappa shape index (κ3) is 3.78. The van der Waals surface area contributed by atoms with Crippen molar-refractivity contribution in [2.75, 3.05) is 12.2 Å². The van der Waals surface area contributed by atoms with Crippen LogP contribution in [0.3, 0.4) is 0 Å². The zero-order valence-electron chi connectivity index (χ0n) is 13.2. The first-order valence-corrected chi connectivity index (χ1v) is 6.98. The Morgan fingerprint density at radius 1 is 1.26 bits per heavy atom. The van der Waals surface area contributed by atoms with Crippen molar-refractivity contribution >= 4 is 11.8 Å². The van der Waals surface area contributed by atoms with Crippen LogP contribution in [0.15, 0.2) is 36.4 Å². The lowest BCUT2D eigenvalue weighted by atomic mass is 10.1. The minimum Gasteiger partial charge on any atom is -0.486 e. The van der Waals surface area contributed by atoms with Crippen LogP contribution in [-0.4, -0.2) is 18.4 Å². The molecule has 0 saturated carbocycles. The number of hydroxylamine groups is 1. The summed E-state index contributed by atoms with van der Waals surface area (Å²) in [6.45, 7) is 3.58. The fourth-order valence-electron chi connectivity index (χ4n) is 2.13. The number of carbonyl (C=O) groups is 1. The lowest BCUT2D eigenvalue weighted by Crippen LogP contribution is -2.28. The number of ether oxygens (including phenoxy) is 2. The van der Waals surface area contributed by atoms with Crippen LogP contribution in [0.5, 0.6) is 5.75 Å². The van der Waals surface area contributed by atoms with Gasteiger partial charge in [-0.1, -0.05) is 18.2 Å². The van der Waals surface area contributed by atoms with Gasteiger partial charge >= 0.3 is 6.09 Å². The maximum Gasteiger partial charge on any atom is 0.438 e. The summed E-state index contributed by atoms with van der Waals surface area (Å²) in [6.07, 6.45) is -0.918. The summed E-state index contributed by atoms with van der Waals surface area (Å²) in [5.74, 6) is -0.360. The fourth-order valence-corrected chi connectivity index (χ4v) is 2.13. The van der Waals surface area contributed by atoms with Crippen LogP contribution in [-0.2, 0) is 11.3 Å². The van der Waals surface area contributed by atoms with Crippen LogP contribution in [0.1, 0.15) is 16.7 Å². The highest BCUT2D eigenvalue weighted by Crippen LogP contribution is 2.26. The number of aryl methyl sites for hydroxylation is 2. The summed E-state index contributed by atoms with van der Waals surface area (Å²) >= 11 is 0. The number of anilines is 1. The molecule has 0 heterocycles. The van der Waals surface area contributed by atoms with Crippen molar-refractivity contribution in [2.24, 2.45) is 0 Å². The van der Waals surface area contributed by atoms with E-state index in [4.69, 9.17) is 4.74 Å². The van der Waals surface area contributed by atoms with E-state index < -0.39 is 11.9 Å². The quantitative estimate of drug-likeness (QED) is 0.684. The maximum absolute atomic E-state index is 13.8. The van der Waals surface area contributed by atoms with Crippen molar-refractivity contribution in [3.8, 4) is 5.75 Å². The molecule has 1 N–H and O–H groups in total. The SMILES string of the molecule is COC(=O)N(O)c1cccc(C)c1COc1ccc(C)cc1F. The Kier molecular flexibility index (Phi) is 5.18. The summed E-state index contributed by atoms with van der Waals surface area (Å²) < 4.78 is 23.8. The van der Waals surface area contributed by atoms with Gasteiger partial charge in [-0.05, 0) is 43.2 Å². The van der Waals surface area contributed by atoms with Gasteiger partial charge in [-0.25, -0.2) is 9.18 Å². The Hall–Kier alpha value is -2.60. The molecule has 2 rings (SSSR count). The van der Waals surface area contributed by atoms with E-state index in [1.165, 1.54) is 13.2 Å². The number of halogens is 1. The van der Waals surface area contributed by atoms with Gasteiger partial charge in [0, 0.05) is 5.56 Å². The molecule has 5 nitrogen and oxygen atoms in total. The van der Waals surface area contributed by atoms with Crippen LogP contribution in [0, 0.1) is 19.7 Å². The van der Waals surface area contributed by atoms with Crippen molar-refractivity contribution in [3.05, 3.63) is 58.9 Å². The van der Waals surface area contributed by atoms with E-state index >= 15 is 0 Å². The van der Waals surface area contributed by atoms with E-state index in [2.05, 4.69) is 4.74 Å². The maximum atomic E-state index is 13.8. The second kappa shape index (κ2) is 7.11. The van der Waals surface area contributed by atoms with E-state index in [0.29, 0.717) is 10.6 Å². The molecular formula is C17H18FNO4. The zero-order chi connectivity index (χ0) is 17.0. The molecule has 0 aliphatic heterocycles. The van der Waals surface area contributed by atoms with Gasteiger partial charge in [0.15, 0.2) is 11.6 Å². The third-order valence-electron chi connectivity index (χ3n) is 3.42. The van der Waals surface area contributed by atoms with Gasteiger partial charge in [0.1, 0.15) is 6.61 Å². The van der Waals surface area contributed by atoms with Crippen LogP contribution < -0.4 is 9.80 Å². The van der Waals surface area contributed by atoms with E-state index in [1.54, 1.807) is 44.2 Å². The van der Waals surface area contributed by atoms with Gasteiger partial charge in [-0.3, -0.25) is 5.21 Å². The number of hydrogen-bond donors (Lipinski definition) is 1. The van der Waals surface area contributed by atoms with Crippen molar-refractivity contribution in [3.63, 3.8) is 0 Å². The first-order valence-electron chi connectivity index (χ1n) is 6.98. The highest BCUT2D eigenvalue weighted by Gasteiger charge is 2.19. The lowest BCUT2D eigenvalue weighted by molar-refractivity contribution is 0.140. The molecule has 0 bridgehead atoms. The summed E-state index contributed by atoms with van der Waals surface area (Å²) in [5, 5.41) is 10.3. The summed E-state index contributed by atoms with van der Waals surface area (Å²) in [6, 6.07) is 9.70. The van der Waals surface area contributed by atoms with Gasteiger partial charge in [0.2, 0.25) is 0 Å². The molecular weight excluding hydrogens is 301 g/mol. The molecule has 0 spiro atoms. The Morgan fingerprint density at radius 3 is 2.65 bits per heavy atom. The highest BCUT2D eigenvalue weighted by molar-refractivity contribution is 5.86. The molecule has 6 heteroatoms. The van der Waals surface area contributed by atoms with Crippen LogP contribution in [0.25, 0.3) is 0 Å². The normalized spacial score (nSPS) is 10.3. The van der Waals surface area contributed by atoms with Crippen LogP contribution in [0.4, 0.5) is 14.9 Å². The van der Waals surface area contributed by atoms with Gasteiger partial charge < -0.3 is 9.47 Å². The predicted molar refractivity (Wildman–Crippen MR) is 83.3 cm³/mol. The molecule has 0 saturated heterocycles. The van der Waals surface area contributed by atoms with Crippen molar-refractivity contribution in [2.45, 2.75) is 20.5 Å². The molecule has 0 atom stereocenters. The molecule has 0 aliphatic carbocycles. The average Bonchev–Trinajstić information content (AvgIpc) is 2.53. The molecule has 122 valence electrons. The fraction of sp³-hybridized carbons (Fsp3) is 0.235. The Morgan fingerprint density at radius 2 is 2.00 bits per heavy atom. The smallest absolute Gasteiger partial charge is 0.438 e. The number of nitrogens with zero attached hydrogens (tertiary/aromatic N) is 1. The monoisotopic (exact) mass is 319 g/mol. The van der Waals surface area contributed by atoms with Gasteiger partial charge in [-0.15, -0.1) is 0 Å².